The van der Waals surface area contributed by atoms with E-state index in [1.54, 1.807) is 6.08 Å². The Morgan fingerprint density at radius 1 is 0.490 bits per heavy atom. The van der Waals surface area contributed by atoms with Crippen LogP contribution < -0.4 is 5.32 Å². The van der Waals surface area contributed by atoms with Gasteiger partial charge in [-0.2, -0.15) is 0 Å². The molecule has 0 radical (unpaired) electrons. The molecule has 2 unspecified atom stereocenters. The van der Waals surface area contributed by atoms with Crippen LogP contribution in [0.1, 0.15) is 162 Å². The summed E-state index contributed by atoms with van der Waals surface area (Å²) in [6.45, 7) is 4.10. The van der Waals surface area contributed by atoms with Crippen molar-refractivity contribution < 1.29 is 15.0 Å². The number of amides is 1. The van der Waals surface area contributed by atoms with Crippen molar-refractivity contribution in [3.8, 4) is 0 Å². The Kier molecular flexibility index (Phi) is 39.1. The van der Waals surface area contributed by atoms with E-state index in [1.807, 2.05) is 6.08 Å². The summed E-state index contributed by atoms with van der Waals surface area (Å²) >= 11 is 0. The van der Waals surface area contributed by atoms with Gasteiger partial charge in [0.15, 0.2) is 0 Å². The van der Waals surface area contributed by atoms with Crippen molar-refractivity contribution in [2.75, 3.05) is 6.61 Å². The van der Waals surface area contributed by atoms with Gasteiger partial charge in [0.1, 0.15) is 0 Å². The maximum Gasteiger partial charge on any atom is 0.220 e. The molecule has 4 heteroatoms. The average Bonchev–Trinajstić information content (AvgIpc) is 3.13. The van der Waals surface area contributed by atoms with Gasteiger partial charge in [-0.25, -0.2) is 0 Å². The van der Waals surface area contributed by atoms with Crippen molar-refractivity contribution in [2.45, 2.75) is 174 Å². The van der Waals surface area contributed by atoms with E-state index in [9.17, 15) is 15.0 Å². The minimum Gasteiger partial charge on any atom is -0.394 e. The molecule has 4 nitrogen and oxygen atoms in total. The Morgan fingerprint density at radius 2 is 0.882 bits per heavy atom. The summed E-state index contributed by atoms with van der Waals surface area (Å²) in [5, 5.41) is 22.9. The predicted octanol–water partition coefficient (Wildman–Crippen LogP) is 12.8. The molecule has 0 aromatic heterocycles. The molecule has 0 rings (SSSR count). The van der Waals surface area contributed by atoms with Gasteiger partial charge in [-0.05, 0) is 89.9 Å². The molecule has 0 saturated carbocycles. The zero-order chi connectivity index (χ0) is 37.1. The fraction of sp³-hybridized carbons (Fsp3) is 0.596. The zero-order valence-corrected chi connectivity index (χ0v) is 32.8. The van der Waals surface area contributed by atoms with E-state index in [4.69, 9.17) is 0 Å². The van der Waals surface area contributed by atoms with Crippen molar-refractivity contribution in [1.82, 2.24) is 5.32 Å². The molecule has 0 aromatic rings. The quantitative estimate of drug-likeness (QED) is 0.0454. The van der Waals surface area contributed by atoms with E-state index in [0.717, 1.165) is 89.9 Å². The first-order chi connectivity index (χ1) is 25.2. The average molecular weight is 704 g/mol. The Bertz CT molecular complexity index is 1030. The van der Waals surface area contributed by atoms with E-state index in [-0.39, 0.29) is 12.5 Å². The van der Waals surface area contributed by atoms with E-state index in [1.165, 1.54) is 51.4 Å². The number of allylic oxidation sites excluding steroid dienone is 17. The molecule has 1 amide bonds. The normalized spacial score (nSPS) is 14.2. The molecule has 2 atom stereocenters. The second-order valence-corrected chi connectivity index (χ2v) is 13.3. The second kappa shape index (κ2) is 41.5. The molecule has 0 fully saturated rings. The number of nitrogens with one attached hydrogen (secondary N) is 1. The van der Waals surface area contributed by atoms with Crippen LogP contribution in [-0.4, -0.2) is 34.9 Å². The van der Waals surface area contributed by atoms with Gasteiger partial charge in [-0.1, -0.05) is 175 Å². The molecule has 0 aliphatic rings. The largest absolute Gasteiger partial charge is 0.394 e. The Balaban J connectivity index is 3.69. The first-order valence-corrected chi connectivity index (χ1v) is 20.6. The number of aliphatic hydroxyl groups excluding tert-OH is 2. The highest BCUT2D eigenvalue weighted by Crippen LogP contribution is 2.11. The molecule has 0 heterocycles. The van der Waals surface area contributed by atoms with Crippen LogP contribution in [0.15, 0.2) is 109 Å². The van der Waals surface area contributed by atoms with Crippen LogP contribution in [0.3, 0.4) is 0 Å². The number of rotatable bonds is 35. The third kappa shape index (κ3) is 38.1. The standard InChI is InChI=1S/C47H77NO3/c1-3-5-7-9-11-13-15-17-18-19-20-21-22-23-24-25-26-27-28-29-30-31-33-35-37-39-41-43-47(51)48-45(44-49)46(50)42-40-38-36-34-32-16-14-12-10-8-6-4-2/h5,7,10-13,17-18,20-21,23-24,26-27,32,34,40,42,45-46,49-50H,3-4,6,8-9,14-16,19,22,25,28-31,33,35-39,41,43-44H2,1-2H3,(H,48,51)/b7-5-,12-10+,13-11-,18-17-,21-20-,24-23-,27-26-,34-32+,42-40+. The zero-order valence-electron chi connectivity index (χ0n) is 32.8. The van der Waals surface area contributed by atoms with Crippen molar-refractivity contribution >= 4 is 5.91 Å². The molecule has 51 heavy (non-hydrogen) atoms. The molecule has 0 saturated heterocycles. The molecule has 0 spiro atoms. The number of hydrogen-bond donors (Lipinski definition) is 3. The fourth-order valence-electron chi connectivity index (χ4n) is 5.31. The van der Waals surface area contributed by atoms with Gasteiger partial charge in [0, 0.05) is 6.42 Å². The van der Waals surface area contributed by atoms with Crippen LogP contribution in [0, 0.1) is 0 Å². The third-order valence-electron chi connectivity index (χ3n) is 8.47. The van der Waals surface area contributed by atoms with Gasteiger partial charge in [0.2, 0.25) is 5.91 Å². The minimum atomic E-state index is -0.879. The van der Waals surface area contributed by atoms with E-state index in [0.29, 0.717) is 6.42 Å². The Labute approximate surface area is 315 Å². The molecule has 0 bridgehead atoms. The van der Waals surface area contributed by atoms with Gasteiger partial charge in [-0.15, -0.1) is 0 Å². The van der Waals surface area contributed by atoms with Crippen molar-refractivity contribution in [2.24, 2.45) is 0 Å². The monoisotopic (exact) mass is 704 g/mol. The van der Waals surface area contributed by atoms with Gasteiger partial charge in [0.25, 0.3) is 0 Å². The van der Waals surface area contributed by atoms with Crippen LogP contribution in [0.4, 0.5) is 0 Å². The summed E-state index contributed by atoms with van der Waals surface area (Å²) in [6.07, 6.45) is 63.3. The molecule has 0 aliphatic heterocycles. The molecular weight excluding hydrogens is 627 g/mol. The van der Waals surface area contributed by atoms with Gasteiger partial charge >= 0.3 is 0 Å². The number of carbonyl (C=O) groups is 1. The summed E-state index contributed by atoms with van der Waals surface area (Å²) < 4.78 is 0. The Morgan fingerprint density at radius 3 is 1.37 bits per heavy atom. The summed E-state index contributed by atoms with van der Waals surface area (Å²) in [5.41, 5.74) is 0. The molecule has 288 valence electrons. The van der Waals surface area contributed by atoms with Crippen LogP contribution in [0.2, 0.25) is 0 Å². The highest BCUT2D eigenvalue weighted by atomic mass is 16.3. The highest BCUT2D eigenvalue weighted by Gasteiger charge is 2.17. The summed E-state index contributed by atoms with van der Waals surface area (Å²) in [4.78, 5) is 12.3. The number of carbonyl (C=O) groups excluding carboxylic acids is 1. The second-order valence-electron chi connectivity index (χ2n) is 13.3. The van der Waals surface area contributed by atoms with Crippen LogP contribution in [-0.2, 0) is 4.79 Å². The predicted molar refractivity (Wildman–Crippen MR) is 225 cm³/mol. The van der Waals surface area contributed by atoms with Crippen molar-refractivity contribution in [3.05, 3.63) is 109 Å². The lowest BCUT2D eigenvalue weighted by Crippen LogP contribution is -2.45. The van der Waals surface area contributed by atoms with Crippen molar-refractivity contribution in [3.63, 3.8) is 0 Å². The summed E-state index contributed by atoms with van der Waals surface area (Å²) in [5.74, 6) is -0.0948. The maximum absolute atomic E-state index is 12.3. The molecule has 0 aromatic carbocycles. The number of hydrogen-bond acceptors (Lipinski definition) is 3. The van der Waals surface area contributed by atoms with Crippen LogP contribution >= 0.6 is 0 Å². The topological polar surface area (TPSA) is 69.6 Å². The van der Waals surface area contributed by atoms with Gasteiger partial charge in [0.05, 0.1) is 18.8 Å². The highest BCUT2D eigenvalue weighted by molar-refractivity contribution is 5.76. The minimum absolute atomic E-state index is 0.0948. The van der Waals surface area contributed by atoms with E-state index in [2.05, 4.69) is 116 Å². The SMILES string of the molecule is CC/C=C\C/C=C\C/C=C\C/C=C\C/C=C\C/C=C\CCCCCCCCCCC(=O)NC(CO)C(O)/C=C/CC/C=C/CC/C=C/CCCC. The molecular formula is C47H77NO3. The number of aliphatic hydroxyl groups is 2. The fourth-order valence-corrected chi connectivity index (χ4v) is 5.31. The summed E-state index contributed by atoms with van der Waals surface area (Å²) in [6, 6.07) is -0.656. The first kappa shape index (κ1) is 48.1. The first-order valence-electron chi connectivity index (χ1n) is 20.6. The van der Waals surface area contributed by atoms with Crippen molar-refractivity contribution in [1.29, 1.82) is 0 Å². The van der Waals surface area contributed by atoms with Crippen LogP contribution in [0.5, 0.6) is 0 Å². The maximum atomic E-state index is 12.3. The Hall–Kier alpha value is -2.95. The van der Waals surface area contributed by atoms with E-state index >= 15 is 0 Å². The molecule has 0 aliphatic carbocycles. The van der Waals surface area contributed by atoms with E-state index < -0.39 is 12.1 Å². The van der Waals surface area contributed by atoms with Gasteiger partial charge < -0.3 is 15.5 Å². The molecule has 3 N–H and O–H groups in total. The smallest absolute Gasteiger partial charge is 0.220 e. The van der Waals surface area contributed by atoms with Gasteiger partial charge in [-0.3, -0.25) is 4.79 Å². The lowest BCUT2D eigenvalue weighted by atomic mass is 10.1. The lowest BCUT2D eigenvalue weighted by molar-refractivity contribution is -0.123. The lowest BCUT2D eigenvalue weighted by Gasteiger charge is -2.19. The van der Waals surface area contributed by atoms with Crippen LogP contribution in [0.25, 0.3) is 0 Å². The number of unbranched alkanes of at least 4 members (excludes halogenated alkanes) is 12. The summed E-state index contributed by atoms with van der Waals surface area (Å²) in [7, 11) is 0. The third-order valence-corrected chi connectivity index (χ3v) is 8.47.